The lowest BCUT2D eigenvalue weighted by Gasteiger charge is -2.44. The largest absolute Gasteiger partial charge is 0.369 e. The van der Waals surface area contributed by atoms with Gasteiger partial charge in [0.05, 0.1) is 0 Å². The van der Waals surface area contributed by atoms with Crippen molar-refractivity contribution >= 4 is 18.1 Å². The molecular weight excluding hydrogens is 256 g/mol. The predicted molar refractivity (Wildman–Crippen MR) is 82.3 cm³/mol. The van der Waals surface area contributed by atoms with Gasteiger partial charge in [0.15, 0.2) is 0 Å². The second kappa shape index (κ2) is 5.34. The molecule has 1 aromatic rings. The Morgan fingerprint density at radius 3 is 3.00 bits per heavy atom. The van der Waals surface area contributed by atoms with Crippen molar-refractivity contribution in [1.82, 2.24) is 5.32 Å². The maximum absolute atomic E-state index is 3.56. The first-order valence-corrected chi connectivity index (χ1v) is 7.51. The summed E-state index contributed by atoms with van der Waals surface area (Å²) in [7, 11) is 0. The van der Waals surface area contributed by atoms with E-state index >= 15 is 0 Å². The minimum absolute atomic E-state index is 0. The molecule has 2 unspecified atom stereocenters. The quantitative estimate of drug-likeness (QED) is 0.783. The number of rotatable bonds is 0. The molecule has 0 radical (unpaired) electrons. The molecule has 1 aromatic carbocycles. The highest BCUT2D eigenvalue weighted by atomic mass is 35.5. The Hall–Kier alpha value is -0.730. The van der Waals surface area contributed by atoms with Gasteiger partial charge in [-0.25, -0.2) is 0 Å². The Labute approximate surface area is 122 Å². The Balaban J connectivity index is 0.00000110. The van der Waals surface area contributed by atoms with Gasteiger partial charge < -0.3 is 10.2 Å². The third-order valence-corrected chi connectivity index (χ3v) is 5.10. The Bertz CT molecular complexity index is 460. The van der Waals surface area contributed by atoms with Gasteiger partial charge in [0.1, 0.15) is 0 Å². The second-order valence-electron chi connectivity index (χ2n) is 6.13. The molecular formula is C16H23ClN2. The van der Waals surface area contributed by atoms with Crippen LogP contribution in [-0.4, -0.2) is 19.6 Å². The van der Waals surface area contributed by atoms with E-state index in [4.69, 9.17) is 0 Å². The number of anilines is 1. The van der Waals surface area contributed by atoms with Gasteiger partial charge >= 0.3 is 0 Å². The summed E-state index contributed by atoms with van der Waals surface area (Å²) >= 11 is 0. The number of hydrogen-bond donors (Lipinski definition) is 1. The fourth-order valence-corrected chi connectivity index (χ4v) is 4.29. The summed E-state index contributed by atoms with van der Waals surface area (Å²) in [6.45, 7) is 4.67. The third kappa shape index (κ3) is 2.15. The van der Waals surface area contributed by atoms with Gasteiger partial charge in [-0.1, -0.05) is 31.0 Å². The summed E-state index contributed by atoms with van der Waals surface area (Å²) in [5.74, 6) is 1.77. The molecule has 0 aromatic heterocycles. The van der Waals surface area contributed by atoms with Gasteiger partial charge in [-0.3, -0.25) is 0 Å². The highest BCUT2D eigenvalue weighted by Crippen LogP contribution is 2.47. The van der Waals surface area contributed by atoms with Gasteiger partial charge in [-0.15, -0.1) is 12.4 Å². The van der Waals surface area contributed by atoms with E-state index in [0.29, 0.717) is 0 Å². The molecule has 0 spiro atoms. The van der Waals surface area contributed by atoms with E-state index in [1.54, 1.807) is 11.3 Å². The molecule has 4 rings (SSSR count). The first kappa shape index (κ1) is 13.3. The minimum Gasteiger partial charge on any atom is -0.369 e. The molecule has 1 saturated carbocycles. The average molecular weight is 279 g/mol. The van der Waals surface area contributed by atoms with Crippen LogP contribution in [0.3, 0.4) is 0 Å². The zero-order chi connectivity index (χ0) is 11.9. The number of halogens is 1. The second-order valence-corrected chi connectivity index (χ2v) is 6.13. The molecule has 104 valence electrons. The molecule has 0 bridgehead atoms. The number of benzene rings is 1. The molecule has 3 heteroatoms. The Kier molecular flexibility index (Phi) is 3.72. The summed E-state index contributed by atoms with van der Waals surface area (Å²) in [6, 6.07) is 6.99. The number of nitrogens with one attached hydrogen (secondary N) is 1. The van der Waals surface area contributed by atoms with Crippen molar-refractivity contribution in [1.29, 1.82) is 0 Å². The van der Waals surface area contributed by atoms with Crippen LogP contribution in [0.2, 0.25) is 0 Å². The van der Waals surface area contributed by atoms with Crippen LogP contribution in [-0.2, 0) is 6.54 Å². The highest BCUT2D eigenvalue weighted by molar-refractivity contribution is 5.85. The lowest BCUT2D eigenvalue weighted by molar-refractivity contribution is 0.297. The minimum atomic E-state index is 0. The van der Waals surface area contributed by atoms with Crippen LogP contribution < -0.4 is 10.2 Å². The van der Waals surface area contributed by atoms with Crippen LogP contribution >= 0.6 is 12.4 Å². The van der Waals surface area contributed by atoms with E-state index in [2.05, 4.69) is 28.4 Å². The molecule has 1 fully saturated rings. The molecule has 1 N–H and O–H groups in total. The molecule has 2 nitrogen and oxygen atoms in total. The maximum Gasteiger partial charge on any atom is 0.0447 e. The summed E-state index contributed by atoms with van der Waals surface area (Å²) in [4.78, 5) is 2.66. The van der Waals surface area contributed by atoms with Gasteiger partial charge in [-0.2, -0.15) is 0 Å². The summed E-state index contributed by atoms with van der Waals surface area (Å²) in [5.41, 5.74) is 4.77. The Morgan fingerprint density at radius 1 is 1.16 bits per heavy atom. The molecule has 0 saturated heterocycles. The zero-order valence-electron chi connectivity index (χ0n) is 11.4. The van der Waals surface area contributed by atoms with Gasteiger partial charge in [0.25, 0.3) is 0 Å². The van der Waals surface area contributed by atoms with Gasteiger partial charge in [-0.05, 0) is 35.8 Å². The van der Waals surface area contributed by atoms with Crippen molar-refractivity contribution in [2.75, 3.05) is 24.5 Å². The topological polar surface area (TPSA) is 15.3 Å². The third-order valence-electron chi connectivity index (χ3n) is 5.10. The van der Waals surface area contributed by atoms with Crippen molar-refractivity contribution in [3.63, 3.8) is 0 Å². The van der Waals surface area contributed by atoms with Crippen molar-refractivity contribution in [3.8, 4) is 0 Å². The van der Waals surface area contributed by atoms with Crippen molar-refractivity contribution < 1.29 is 0 Å². The first-order valence-electron chi connectivity index (χ1n) is 7.51. The summed E-state index contributed by atoms with van der Waals surface area (Å²) in [6.07, 6.45) is 5.74. The monoisotopic (exact) mass is 278 g/mol. The van der Waals surface area contributed by atoms with Crippen molar-refractivity contribution in [2.24, 2.45) is 5.92 Å². The lowest BCUT2D eigenvalue weighted by atomic mass is 9.72. The van der Waals surface area contributed by atoms with Gasteiger partial charge in [0.2, 0.25) is 0 Å². The van der Waals surface area contributed by atoms with E-state index in [-0.39, 0.29) is 12.4 Å². The van der Waals surface area contributed by atoms with E-state index < -0.39 is 0 Å². The molecule has 0 amide bonds. The highest BCUT2D eigenvalue weighted by Gasteiger charge is 2.36. The number of para-hydroxylation sites is 1. The average Bonchev–Trinajstić information content (AvgIpc) is 2.63. The smallest absolute Gasteiger partial charge is 0.0447 e. The van der Waals surface area contributed by atoms with E-state index in [1.165, 1.54) is 44.3 Å². The fraction of sp³-hybridized carbons (Fsp3) is 0.625. The van der Waals surface area contributed by atoms with E-state index in [9.17, 15) is 0 Å². The first-order chi connectivity index (χ1) is 8.93. The van der Waals surface area contributed by atoms with Crippen molar-refractivity contribution in [3.05, 3.63) is 29.3 Å². The standard InChI is InChI=1S/C16H22N2.ClH/c1-2-6-14-13(4-1)11-18-9-8-17-10-12-5-3-7-15(14)16(12)18;/h3,5,7,13-14,17H,1-2,4,6,8-11H2;1H. The SMILES string of the molecule is Cl.c1cc2c3c(c1)C1CCCCC1CN3CCNC2. The molecule has 1 aliphatic carbocycles. The van der Waals surface area contributed by atoms with Crippen LogP contribution in [0.1, 0.15) is 42.7 Å². The van der Waals surface area contributed by atoms with Crippen molar-refractivity contribution in [2.45, 2.75) is 38.1 Å². The van der Waals surface area contributed by atoms with E-state index in [0.717, 1.165) is 24.9 Å². The fourth-order valence-electron chi connectivity index (χ4n) is 4.29. The molecule has 3 aliphatic rings. The molecule has 2 heterocycles. The zero-order valence-corrected chi connectivity index (χ0v) is 12.2. The summed E-state index contributed by atoms with van der Waals surface area (Å²) < 4.78 is 0. The number of hydrogen-bond acceptors (Lipinski definition) is 2. The normalized spacial score (nSPS) is 28.7. The van der Waals surface area contributed by atoms with Crippen LogP contribution in [0.15, 0.2) is 18.2 Å². The Morgan fingerprint density at radius 2 is 2.05 bits per heavy atom. The van der Waals surface area contributed by atoms with E-state index in [1.807, 2.05) is 0 Å². The van der Waals surface area contributed by atoms with Gasteiger partial charge in [0, 0.05) is 31.9 Å². The molecule has 2 aliphatic heterocycles. The molecule has 19 heavy (non-hydrogen) atoms. The summed E-state index contributed by atoms with van der Waals surface area (Å²) in [5, 5.41) is 3.56. The van der Waals surface area contributed by atoms with Crippen LogP contribution in [0.4, 0.5) is 5.69 Å². The maximum atomic E-state index is 3.56. The lowest BCUT2D eigenvalue weighted by Crippen LogP contribution is -2.41. The predicted octanol–water partition coefficient (Wildman–Crippen LogP) is 3.31. The van der Waals surface area contributed by atoms with Crippen LogP contribution in [0.25, 0.3) is 0 Å². The number of nitrogens with zero attached hydrogens (tertiary/aromatic N) is 1. The van der Waals surface area contributed by atoms with Crippen LogP contribution in [0, 0.1) is 5.92 Å². The van der Waals surface area contributed by atoms with Crippen LogP contribution in [0.5, 0.6) is 0 Å². The number of fused-ring (bicyclic) bond motifs is 2. The molecule has 2 atom stereocenters.